The first kappa shape index (κ1) is 40.2. The van der Waals surface area contributed by atoms with Gasteiger partial charge >= 0.3 is 17.1 Å². The summed E-state index contributed by atoms with van der Waals surface area (Å²) in [5.74, 6) is 3.12. The van der Waals surface area contributed by atoms with Gasteiger partial charge in [0.05, 0.1) is 37.3 Å². The van der Waals surface area contributed by atoms with Crippen LogP contribution in [0, 0.1) is 22.7 Å². The Bertz CT molecular complexity index is 675. The molecule has 0 bridgehead atoms. The van der Waals surface area contributed by atoms with E-state index in [0.717, 1.165) is 0 Å². The van der Waals surface area contributed by atoms with E-state index in [2.05, 4.69) is 77.4 Å². The molecule has 0 saturated heterocycles. The molecule has 0 aliphatic carbocycles. The molecule has 34 heavy (non-hydrogen) atoms. The molecule has 0 aromatic heterocycles. The number of quaternary nitrogens is 1. The van der Waals surface area contributed by atoms with Crippen molar-refractivity contribution in [1.82, 2.24) is 0 Å². The second-order valence-electron chi connectivity index (χ2n) is 7.42. The molecule has 10 heteroatoms. The fourth-order valence-electron chi connectivity index (χ4n) is 2.88. The van der Waals surface area contributed by atoms with Crippen molar-refractivity contribution in [3.05, 3.63) is 22.0 Å². The Labute approximate surface area is 240 Å². The molecular weight excluding hydrogens is 550 g/mol. The molecule has 0 atom stereocenters. The normalized spacial score (nSPS) is 9.00. The largest absolute Gasteiger partial charge is 2.00 e. The predicted octanol–water partition coefficient (Wildman–Crippen LogP) is 6.10. The van der Waals surface area contributed by atoms with Crippen molar-refractivity contribution in [2.75, 3.05) is 26.2 Å². The molecular formula is C24H36CuN5S4-. The van der Waals surface area contributed by atoms with Crippen LogP contribution in [0.15, 0.2) is 11.1 Å². The SMILES string of the molecule is CCCC[N+](CCCC)(CCCC)CCCC.N#CC(=C=[N-])C(=S)[S-].N#CC(=C=[N-])C(=S)[S-].[Cu+2]. The van der Waals surface area contributed by atoms with E-state index < -0.39 is 0 Å². The Balaban J connectivity index is -0.000000222. The van der Waals surface area contributed by atoms with Gasteiger partial charge in [0.2, 0.25) is 0 Å². The molecule has 1 radical (unpaired) electrons. The molecule has 0 aliphatic heterocycles. The number of thiocarbonyl (C=S) groups is 2. The molecule has 0 unspecified atom stereocenters. The molecule has 0 spiro atoms. The van der Waals surface area contributed by atoms with Crippen molar-refractivity contribution in [2.45, 2.75) is 79.1 Å². The summed E-state index contributed by atoms with van der Waals surface area (Å²) in [7, 11) is 0. The van der Waals surface area contributed by atoms with E-state index in [-0.39, 0.29) is 36.6 Å². The second-order valence-corrected chi connectivity index (χ2v) is 9.57. The summed E-state index contributed by atoms with van der Waals surface area (Å²) < 4.78 is 1.30. The molecule has 0 amide bonds. The van der Waals surface area contributed by atoms with E-state index in [1.807, 2.05) is 0 Å². The average Bonchev–Trinajstić information content (AvgIpc) is 2.80. The van der Waals surface area contributed by atoms with Gasteiger partial charge in [0.15, 0.2) is 0 Å². The molecule has 0 fully saturated rings. The molecule has 0 heterocycles. The predicted molar refractivity (Wildman–Crippen MR) is 154 cm³/mol. The summed E-state index contributed by atoms with van der Waals surface area (Å²) in [4.78, 5) is 0. The van der Waals surface area contributed by atoms with Crippen LogP contribution in [0.1, 0.15) is 79.1 Å². The van der Waals surface area contributed by atoms with Gasteiger partial charge in [-0.15, -0.1) is 8.39 Å². The monoisotopic (exact) mass is 585 g/mol. The van der Waals surface area contributed by atoms with Crippen LogP contribution in [-0.2, 0) is 42.3 Å². The maximum atomic E-state index is 8.03. The van der Waals surface area contributed by atoms with Crippen LogP contribution in [0.25, 0.3) is 10.8 Å². The van der Waals surface area contributed by atoms with E-state index >= 15 is 0 Å². The van der Waals surface area contributed by atoms with Crippen LogP contribution >= 0.6 is 24.4 Å². The first-order chi connectivity index (χ1) is 15.7. The number of hydrogen-bond acceptors (Lipinski definition) is 6. The summed E-state index contributed by atoms with van der Waals surface area (Å²) in [6.45, 7) is 15.0. The van der Waals surface area contributed by atoms with Gasteiger partial charge < -0.3 is 65.0 Å². The zero-order chi connectivity index (χ0) is 26.1. The maximum absolute atomic E-state index is 8.03. The molecule has 0 aromatic carbocycles. The van der Waals surface area contributed by atoms with E-state index in [4.69, 9.17) is 21.3 Å². The summed E-state index contributed by atoms with van der Waals surface area (Å²) in [5.41, 5.74) is -0.315. The zero-order valence-corrected chi connectivity index (χ0v) is 24.9. The molecule has 0 aromatic rings. The molecule has 0 rings (SSSR count). The third-order valence-corrected chi connectivity index (χ3v) is 5.62. The van der Waals surface area contributed by atoms with Crippen LogP contribution in [0.2, 0.25) is 0 Å². The number of unbranched alkanes of at least 4 members (excludes halogenated alkanes) is 4. The topological polar surface area (TPSA) is 92.2 Å². The van der Waals surface area contributed by atoms with Crippen molar-refractivity contribution in [1.29, 1.82) is 10.5 Å². The van der Waals surface area contributed by atoms with Crippen LogP contribution in [-0.4, -0.2) is 50.8 Å². The van der Waals surface area contributed by atoms with Crippen molar-refractivity contribution in [3.63, 3.8) is 0 Å². The van der Waals surface area contributed by atoms with Gasteiger partial charge in [-0.05, 0) is 25.7 Å². The van der Waals surface area contributed by atoms with Crippen molar-refractivity contribution in [3.8, 4) is 12.1 Å². The van der Waals surface area contributed by atoms with Gasteiger partial charge in [0, 0.05) is 0 Å². The Kier molecular flexibility index (Phi) is 33.3. The van der Waals surface area contributed by atoms with Crippen LogP contribution < -0.4 is 0 Å². The van der Waals surface area contributed by atoms with Gasteiger partial charge in [0.25, 0.3) is 0 Å². The zero-order valence-electron chi connectivity index (χ0n) is 20.7. The minimum absolute atomic E-state index is 0. The van der Waals surface area contributed by atoms with Gasteiger partial charge in [-0.25, -0.2) is 0 Å². The molecule has 0 aliphatic rings. The van der Waals surface area contributed by atoms with Crippen molar-refractivity contribution in [2.24, 2.45) is 0 Å². The summed E-state index contributed by atoms with van der Waals surface area (Å²) in [6.07, 6.45) is 11.1. The van der Waals surface area contributed by atoms with Gasteiger partial charge in [-0.1, -0.05) is 53.4 Å². The standard InChI is InChI=1S/C16H36N.2C4HN2S2.Cu/c1-5-9-13-17(14-10-6-2,15-11-7-3)16-12-8-4;2*5-1-3(2-6)4(7)8;/h5-16H2,1-4H3;2*(H,7,8);/q+1;2*-1;+2/p-2. The van der Waals surface area contributed by atoms with E-state index in [9.17, 15) is 0 Å². The molecule has 0 saturated carbocycles. The third-order valence-electron chi connectivity index (χ3n) is 4.80. The Morgan fingerprint density at radius 2 is 0.912 bits per heavy atom. The Hall–Kier alpha value is -1.02. The first-order valence-electron chi connectivity index (χ1n) is 11.3. The van der Waals surface area contributed by atoms with E-state index in [0.29, 0.717) is 0 Å². The number of nitriles is 2. The summed E-state index contributed by atoms with van der Waals surface area (Å²) in [6, 6.07) is 3.12. The minimum atomic E-state index is -0.157. The van der Waals surface area contributed by atoms with Gasteiger partial charge in [0.1, 0.15) is 12.1 Å². The van der Waals surface area contributed by atoms with E-state index in [1.54, 1.807) is 23.9 Å². The summed E-state index contributed by atoms with van der Waals surface area (Å²) in [5, 5.41) is 32.1. The van der Waals surface area contributed by atoms with Gasteiger partial charge in [-0.3, -0.25) is 11.7 Å². The average molecular weight is 586 g/mol. The number of nitrogens with zero attached hydrogens (tertiary/aromatic N) is 5. The second kappa shape index (κ2) is 28.2. The third kappa shape index (κ3) is 22.8. The fraction of sp³-hybridized carbons (Fsp3) is 0.667. The smallest absolute Gasteiger partial charge is 0.762 e. The van der Waals surface area contributed by atoms with Crippen LogP contribution in [0.3, 0.4) is 0 Å². The molecule has 5 nitrogen and oxygen atoms in total. The van der Waals surface area contributed by atoms with Crippen molar-refractivity contribution < 1.29 is 21.6 Å². The Morgan fingerprint density at radius 3 is 1.00 bits per heavy atom. The molecule has 0 N–H and O–H groups in total. The quantitative estimate of drug-likeness (QED) is 0.0465. The maximum Gasteiger partial charge on any atom is 2.00 e. The van der Waals surface area contributed by atoms with Crippen LogP contribution in [0.4, 0.5) is 0 Å². The molecule has 193 valence electrons. The van der Waals surface area contributed by atoms with Gasteiger partial charge in [-0.2, -0.15) is 10.5 Å². The van der Waals surface area contributed by atoms with Crippen molar-refractivity contribution >= 4 is 69.8 Å². The Morgan fingerprint density at radius 1 is 0.676 bits per heavy atom. The first-order valence-corrected chi connectivity index (χ1v) is 12.9. The van der Waals surface area contributed by atoms with E-state index in [1.165, 1.54) is 82.0 Å². The number of rotatable bonds is 14. The fourth-order valence-corrected chi connectivity index (χ4v) is 3.24. The van der Waals surface area contributed by atoms with Crippen LogP contribution in [0.5, 0.6) is 0 Å². The summed E-state index contributed by atoms with van der Waals surface area (Å²) >= 11 is 17.4. The number of hydrogen-bond donors (Lipinski definition) is 0. The minimum Gasteiger partial charge on any atom is -0.762 e.